The summed E-state index contributed by atoms with van der Waals surface area (Å²) in [5.74, 6) is -1.54. The highest BCUT2D eigenvalue weighted by Crippen LogP contribution is 2.20. The summed E-state index contributed by atoms with van der Waals surface area (Å²) in [6, 6.07) is 2.72. The molecule has 1 rings (SSSR count). The molecule has 0 saturated carbocycles. The van der Waals surface area contributed by atoms with Crippen LogP contribution in [-0.2, 0) is 10.8 Å². The van der Waals surface area contributed by atoms with Crippen LogP contribution in [-0.4, -0.2) is 27.8 Å². The molecule has 0 spiro atoms. The van der Waals surface area contributed by atoms with Crippen LogP contribution in [0, 0.1) is 11.6 Å². The van der Waals surface area contributed by atoms with Crippen LogP contribution in [0.5, 0.6) is 0 Å². The summed E-state index contributed by atoms with van der Waals surface area (Å²) in [5, 5.41) is 2.74. The molecular weight excluding hydrogens is 278 g/mol. The van der Waals surface area contributed by atoms with Crippen LogP contribution in [0.1, 0.15) is 12.0 Å². The Balaban J connectivity index is 2.71. The van der Waals surface area contributed by atoms with Crippen LogP contribution >= 0.6 is 12.2 Å². The average Bonchev–Trinajstić information content (AvgIpc) is 2.29. The van der Waals surface area contributed by atoms with E-state index in [1.54, 1.807) is 6.26 Å². The van der Waals surface area contributed by atoms with E-state index in [1.165, 1.54) is 12.1 Å². The van der Waals surface area contributed by atoms with Crippen molar-refractivity contribution >= 4 is 33.7 Å². The molecule has 18 heavy (non-hydrogen) atoms. The summed E-state index contributed by atoms with van der Waals surface area (Å²) >= 11 is 4.60. The van der Waals surface area contributed by atoms with Gasteiger partial charge < -0.3 is 11.1 Å². The highest BCUT2D eigenvalue weighted by molar-refractivity contribution is 7.84. The first kappa shape index (κ1) is 15.0. The molecule has 0 aliphatic rings. The van der Waals surface area contributed by atoms with E-state index >= 15 is 0 Å². The predicted molar refractivity (Wildman–Crippen MR) is 74.3 cm³/mol. The lowest BCUT2D eigenvalue weighted by molar-refractivity contribution is 0.509. The van der Waals surface area contributed by atoms with Crippen molar-refractivity contribution < 1.29 is 13.0 Å². The number of hydrogen-bond acceptors (Lipinski definition) is 3. The second-order valence-electron chi connectivity index (χ2n) is 3.71. The smallest absolute Gasteiger partial charge is 0.182 e. The standard InChI is InChI=1S/C11H14F2N2OS2/c1-18(16)6-2-5-15-8-4-3-7(11(14)17)9(12)10(8)13/h3-4,15H,2,5-6H2,1H3,(H2,14,17). The molecule has 1 aromatic rings. The third-order valence-electron chi connectivity index (χ3n) is 2.27. The fourth-order valence-corrected chi connectivity index (χ4v) is 2.08. The van der Waals surface area contributed by atoms with Gasteiger partial charge in [-0.05, 0) is 18.6 Å². The van der Waals surface area contributed by atoms with Gasteiger partial charge in [-0.3, -0.25) is 4.21 Å². The van der Waals surface area contributed by atoms with Crippen molar-refractivity contribution in [2.24, 2.45) is 5.73 Å². The minimum absolute atomic E-state index is 0.0504. The number of nitrogens with one attached hydrogen (secondary N) is 1. The minimum Gasteiger partial charge on any atom is -0.389 e. The van der Waals surface area contributed by atoms with Gasteiger partial charge in [-0.25, -0.2) is 8.78 Å². The van der Waals surface area contributed by atoms with Gasteiger partial charge in [-0.15, -0.1) is 0 Å². The Morgan fingerprint density at radius 3 is 2.67 bits per heavy atom. The van der Waals surface area contributed by atoms with E-state index in [9.17, 15) is 13.0 Å². The highest BCUT2D eigenvalue weighted by atomic mass is 32.2. The Labute approximate surface area is 112 Å². The molecule has 0 amide bonds. The predicted octanol–water partition coefficient (Wildman–Crippen LogP) is 1.78. The molecule has 100 valence electrons. The Morgan fingerprint density at radius 2 is 2.11 bits per heavy atom. The number of nitrogens with two attached hydrogens (primary N) is 1. The minimum atomic E-state index is -1.05. The fraction of sp³-hybridized carbons (Fsp3) is 0.364. The van der Waals surface area contributed by atoms with Crippen LogP contribution in [0.3, 0.4) is 0 Å². The maximum absolute atomic E-state index is 13.6. The molecule has 3 nitrogen and oxygen atoms in total. The topological polar surface area (TPSA) is 55.1 Å². The van der Waals surface area contributed by atoms with Crippen molar-refractivity contribution in [3.8, 4) is 0 Å². The lowest BCUT2D eigenvalue weighted by Gasteiger charge is -2.09. The van der Waals surface area contributed by atoms with E-state index < -0.39 is 22.4 Å². The van der Waals surface area contributed by atoms with Gasteiger partial charge >= 0.3 is 0 Å². The van der Waals surface area contributed by atoms with Crippen LogP contribution in [0.25, 0.3) is 0 Å². The third-order valence-corrected chi connectivity index (χ3v) is 3.36. The van der Waals surface area contributed by atoms with Gasteiger partial charge in [0.2, 0.25) is 0 Å². The van der Waals surface area contributed by atoms with Crippen LogP contribution < -0.4 is 11.1 Å². The summed E-state index contributed by atoms with van der Waals surface area (Å²) in [6.45, 7) is 0.419. The van der Waals surface area contributed by atoms with Gasteiger partial charge in [-0.2, -0.15) is 0 Å². The normalized spacial score (nSPS) is 12.2. The van der Waals surface area contributed by atoms with Crippen molar-refractivity contribution in [2.45, 2.75) is 6.42 Å². The summed E-state index contributed by atoms with van der Waals surface area (Å²) < 4.78 is 37.9. The Hall–Kier alpha value is -1.08. The second kappa shape index (κ2) is 6.75. The van der Waals surface area contributed by atoms with Crippen molar-refractivity contribution in [1.82, 2.24) is 0 Å². The van der Waals surface area contributed by atoms with Crippen LogP contribution in [0.4, 0.5) is 14.5 Å². The van der Waals surface area contributed by atoms with Gasteiger partial charge in [-0.1, -0.05) is 12.2 Å². The summed E-state index contributed by atoms with van der Waals surface area (Å²) in [7, 11) is -0.885. The molecule has 0 aliphatic heterocycles. The monoisotopic (exact) mass is 292 g/mol. The number of benzene rings is 1. The molecular formula is C11H14F2N2OS2. The lowest BCUT2D eigenvalue weighted by atomic mass is 10.1. The zero-order chi connectivity index (χ0) is 13.7. The van der Waals surface area contributed by atoms with Crippen molar-refractivity contribution in [2.75, 3.05) is 23.9 Å². The van der Waals surface area contributed by atoms with E-state index in [0.29, 0.717) is 18.7 Å². The SMILES string of the molecule is CS(=O)CCCNc1ccc(C(N)=S)c(F)c1F. The number of halogens is 2. The molecule has 0 aliphatic carbocycles. The molecule has 7 heteroatoms. The van der Waals surface area contributed by atoms with Gasteiger partial charge in [0.1, 0.15) is 4.99 Å². The van der Waals surface area contributed by atoms with Crippen molar-refractivity contribution in [3.05, 3.63) is 29.3 Å². The molecule has 0 fully saturated rings. The molecule has 1 aromatic carbocycles. The quantitative estimate of drug-likeness (QED) is 0.620. The maximum atomic E-state index is 13.6. The van der Waals surface area contributed by atoms with Crippen LogP contribution in [0.15, 0.2) is 12.1 Å². The Kier molecular flexibility index (Phi) is 5.61. The average molecular weight is 292 g/mol. The van der Waals surface area contributed by atoms with Gasteiger partial charge in [0, 0.05) is 34.9 Å². The molecule has 1 unspecified atom stereocenters. The lowest BCUT2D eigenvalue weighted by Crippen LogP contribution is -2.14. The Morgan fingerprint density at radius 1 is 1.44 bits per heavy atom. The summed E-state index contributed by atoms with van der Waals surface area (Å²) in [6.07, 6.45) is 2.21. The molecule has 0 aromatic heterocycles. The van der Waals surface area contributed by atoms with Gasteiger partial charge in [0.15, 0.2) is 11.6 Å². The van der Waals surface area contributed by atoms with Crippen molar-refractivity contribution in [3.63, 3.8) is 0 Å². The first-order valence-corrected chi connectivity index (χ1v) is 7.38. The number of anilines is 1. The largest absolute Gasteiger partial charge is 0.389 e. The van der Waals surface area contributed by atoms with E-state index in [-0.39, 0.29) is 16.2 Å². The highest BCUT2D eigenvalue weighted by Gasteiger charge is 2.14. The zero-order valence-electron chi connectivity index (χ0n) is 9.83. The van der Waals surface area contributed by atoms with Crippen molar-refractivity contribution in [1.29, 1.82) is 0 Å². The number of rotatable bonds is 6. The molecule has 0 bridgehead atoms. The fourth-order valence-electron chi connectivity index (χ4n) is 1.37. The van der Waals surface area contributed by atoms with E-state index in [1.807, 2.05) is 0 Å². The van der Waals surface area contributed by atoms with Crippen LogP contribution in [0.2, 0.25) is 0 Å². The van der Waals surface area contributed by atoms with Gasteiger partial charge in [0.05, 0.1) is 5.69 Å². The molecule has 0 saturated heterocycles. The third kappa shape index (κ3) is 3.99. The molecule has 0 heterocycles. The van der Waals surface area contributed by atoms with Gasteiger partial charge in [0.25, 0.3) is 0 Å². The summed E-state index contributed by atoms with van der Waals surface area (Å²) in [4.78, 5) is -0.181. The molecule has 0 radical (unpaired) electrons. The second-order valence-corrected chi connectivity index (χ2v) is 5.71. The first-order valence-electron chi connectivity index (χ1n) is 5.25. The van der Waals surface area contributed by atoms with E-state index in [0.717, 1.165) is 0 Å². The first-order chi connectivity index (χ1) is 8.43. The number of thiocarbonyl (C=S) groups is 1. The van der Waals surface area contributed by atoms with E-state index in [4.69, 9.17) is 5.73 Å². The summed E-state index contributed by atoms with van der Waals surface area (Å²) in [5.41, 5.74) is 5.20. The molecule has 1 atom stereocenters. The maximum Gasteiger partial charge on any atom is 0.182 e. The van der Waals surface area contributed by atoms with E-state index in [2.05, 4.69) is 17.5 Å². The Bertz CT molecular complexity index is 480. The zero-order valence-corrected chi connectivity index (χ0v) is 11.5. The number of hydrogen-bond donors (Lipinski definition) is 2. The molecule has 3 N–H and O–H groups in total.